The fourth-order valence-electron chi connectivity index (χ4n) is 3.45. The van der Waals surface area contributed by atoms with Crippen molar-refractivity contribution in [2.45, 2.75) is 19.9 Å². The number of rotatable bonds is 4. The van der Waals surface area contributed by atoms with E-state index < -0.39 is 6.04 Å². The van der Waals surface area contributed by atoms with Crippen molar-refractivity contribution in [1.29, 1.82) is 0 Å². The number of hydrogen-bond donors (Lipinski definition) is 4. The van der Waals surface area contributed by atoms with Crippen molar-refractivity contribution in [2.75, 3.05) is 5.32 Å². The van der Waals surface area contributed by atoms with Gasteiger partial charge in [0, 0.05) is 16.8 Å². The highest BCUT2D eigenvalue weighted by molar-refractivity contribution is 6.08. The summed E-state index contributed by atoms with van der Waals surface area (Å²) in [5.41, 5.74) is 4.42. The third-order valence-corrected chi connectivity index (χ3v) is 4.86. The maximum Gasteiger partial charge on any atom is 0.319 e. The van der Waals surface area contributed by atoms with Crippen molar-refractivity contribution < 1.29 is 9.59 Å². The molecule has 1 aromatic heterocycles. The van der Waals surface area contributed by atoms with Crippen molar-refractivity contribution >= 4 is 34.6 Å². The maximum atomic E-state index is 13.1. The Labute approximate surface area is 167 Å². The number of nitrogens with zero attached hydrogens (tertiary/aromatic N) is 1. The first-order valence-corrected chi connectivity index (χ1v) is 9.27. The summed E-state index contributed by atoms with van der Waals surface area (Å²) in [6.45, 7) is 3.64. The molecule has 0 saturated carbocycles. The van der Waals surface area contributed by atoms with Gasteiger partial charge in [0.15, 0.2) is 0 Å². The number of fused-ring (bicyclic) bond motifs is 1. The van der Waals surface area contributed by atoms with Gasteiger partial charge in [-0.3, -0.25) is 9.89 Å². The van der Waals surface area contributed by atoms with Gasteiger partial charge in [0.2, 0.25) is 0 Å². The van der Waals surface area contributed by atoms with E-state index in [4.69, 9.17) is 0 Å². The number of allylic oxidation sites excluding steroid dienone is 1. The topological polar surface area (TPSA) is 98.9 Å². The Morgan fingerprint density at radius 3 is 2.76 bits per heavy atom. The predicted molar refractivity (Wildman–Crippen MR) is 113 cm³/mol. The van der Waals surface area contributed by atoms with Gasteiger partial charge < -0.3 is 16.0 Å². The number of benzene rings is 2. The Morgan fingerprint density at radius 2 is 1.97 bits per heavy atom. The maximum absolute atomic E-state index is 13.1. The van der Waals surface area contributed by atoms with Gasteiger partial charge in [-0.25, -0.2) is 4.79 Å². The number of carbonyl (C=O) groups excluding carboxylic acids is 2. The first kappa shape index (κ1) is 18.5. The van der Waals surface area contributed by atoms with E-state index in [1.54, 1.807) is 13.1 Å². The first-order chi connectivity index (χ1) is 14.0. The monoisotopic (exact) mass is 387 g/mol. The van der Waals surface area contributed by atoms with Crippen LogP contribution in [0.1, 0.15) is 19.4 Å². The lowest BCUT2D eigenvalue weighted by atomic mass is 9.94. The largest absolute Gasteiger partial charge is 0.327 e. The van der Waals surface area contributed by atoms with Crippen LogP contribution in [0.5, 0.6) is 0 Å². The van der Waals surface area contributed by atoms with Crippen LogP contribution in [0, 0.1) is 0 Å². The summed E-state index contributed by atoms with van der Waals surface area (Å²) in [7, 11) is 0. The van der Waals surface area contributed by atoms with Gasteiger partial charge in [-0.1, -0.05) is 36.4 Å². The standard InChI is InChI=1S/C22H21N5O2/c1-13(10-15-6-4-3-5-7-15)20-19(14(2)24-22(29)26-20)21(28)25-17-8-9-18-16(11-17)12-23-27-18/h3-12,20H,1-2H3,(H,23,27)(H,25,28)(H2,24,26,29). The van der Waals surface area contributed by atoms with Crippen molar-refractivity contribution in [3.63, 3.8) is 0 Å². The molecule has 4 rings (SSSR count). The minimum Gasteiger partial charge on any atom is -0.327 e. The average molecular weight is 387 g/mol. The number of anilines is 1. The summed E-state index contributed by atoms with van der Waals surface area (Å²) in [5, 5.41) is 16.3. The molecule has 146 valence electrons. The fourth-order valence-corrected chi connectivity index (χ4v) is 3.45. The van der Waals surface area contributed by atoms with E-state index in [0.29, 0.717) is 17.0 Å². The zero-order valence-electron chi connectivity index (χ0n) is 16.1. The molecule has 1 atom stereocenters. The van der Waals surface area contributed by atoms with Gasteiger partial charge in [0.05, 0.1) is 23.3 Å². The summed E-state index contributed by atoms with van der Waals surface area (Å²) in [6.07, 6.45) is 3.67. The van der Waals surface area contributed by atoms with Gasteiger partial charge in [0.1, 0.15) is 0 Å². The summed E-state index contributed by atoms with van der Waals surface area (Å²) >= 11 is 0. The second kappa shape index (κ2) is 7.63. The number of nitrogens with one attached hydrogen (secondary N) is 4. The molecule has 7 heteroatoms. The predicted octanol–water partition coefficient (Wildman–Crippen LogP) is 3.56. The van der Waals surface area contributed by atoms with Gasteiger partial charge in [0.25, 0.3) is 5.91 Å². The normalized spacial score (nSPS) is 17.1. The molecule has 3 aromatic rings. The van der Waals surface area contributed by atoms with Crippen molar-refractivity contribution in [3.8, 4) is 0 Å². The molecule has 3 amide bonds. The zero-order valence-corrected chi connectivity index (χ0v) is 16.1. The van der Waals surface area contributed by atoms with E-state index in [2.05, 4.69) is 26.1 Å². The number of hydrogen-bond acceptors (Lipinski definition) is 3. The summed E-state index contributed by atoms with van der Waals surface area (Å²) in [6, 6.07) is 14.4. The number of H-pyrrole nitrogens is 1. The zero-order chi connectivity index (χ0) is 20.4. The van der Waals surface area contributed by atoms with Crippen LogP contribution in [0.4, 0.5) is 10.5 Å². The first-order valence-electron chi connectivity index (χ1n) is 9.27. The Bertz CT molecular complexity index is 1140. The van der Waals surface area contributed by atoms with Crippen LogP contribution in [0.25, 0.3) is 17.0 Å². The molecular formula is C22H21N5O2. The van der Waals surface area contributed by atoms with Crippen LogP contribution in [0.2, 0.25) is 0 Å². The van der Waals surface area contributed by atoms with Crippen LogP contribution < -0.4 is 16.0 Å². The van der Waals surface area contributed by atoms with Crippen LogP contribution in [-0.2, 0) is 4.79 Å². The lowest BCUT2D eigenvalue weighted by Crippen LogP contribution is -2.51. The Morgan fingerprint density at radius 1 is 1.17 bits per heavy atom. The van der Waals surface area contributed by atoms with Crippen molar-refractivity contribution in [2.24, 2.45) is 0 Å². The third kappa shape index (κ3) is 3.89. The van der Waals surface area contributed by atoms with Gasteiger partial charge >= 0.3 is 6.03 Å². The summed E-state index contributed by atoms with van der Waals surface area (Å²) < 4.78 is 0. The summed E-state index contributed by atoms with van der Waals surface area (Å²) in [4.78, 5) is 25.2. The van der Waals surface area contributed by atoms with E-state index in [0.717, 1.165) is 22.0 Å². The second-order valence-electron chi connectivity index (χ2n) is 7.00. The lowest BCUT2D eigenvalue weighted by molar-refractivity contribution is -0.113. The Kier molecular flexibility index (Phi) is 4.87. The quantitative estimate of drug-likeness (QED) is 0.551. The molecule has 0 aliphatic carbocycles. The van der Waals surface area contributed by atoms with Gasteiger partial charge in [-0.2, -0.15) is 5.10 Å². The van der Waals surface area contributed by atoms with E-state index >= 15 is 0 Å². The number of aromatic amines is 1. The number of aromatic nitrogens is 2. The molecule has 2 aromatic carbocycles. The minimum atomic E-state index is -0.526. The van der Waals surface area contributed by atoms with Gasteiger partial charge in [-0.05, 0) is 43.2 Å². The number of amides is 3. The van der Waals surface area contributed by atoms with E-state index in [1.165, 1.54) is 0 Å². The molecule has 1 aliphatic heterocycles. The SMILES string of the molecule is CC(=Cc1ccccc1)C1NC(=O)NC(C)=C1C(=O)Nc1ccc2[nH]ncc2c1. The molecule has 29 heavy (non-hydrogen) atoms. The molecule has 1 unspecified atom stereocenters. The third-order valence-electron chi connectivity index (χ3n) is 4.86. The molecule has 1 aliphatic rings. The molecular weight excluding hydrogens is 366 g/mol. The van der Waals surface area contributed by atoms with E-state index in [1.807, 2.05) is 61.5 Å². The van der Waals surface area contributed by atoms with Crippen LogP contribution in [-0.4, -0.2) is 28.2 Å². The van der Waals surface area contributed by atoms with Gasteiger partial charge in [-0.15, -0.1) is 0 Å². The highest BCUT2D eigenvalue weighted by Crippen LogP contribution is 2.23. The summed E-state index contributed by atoms with van der Waals surface area (Å²) in [5.74, 6) is -0.274. The molecule has 0 radical (unpaired) electrons. The number of urea groups is 1. The lowest BCUT2D eigenvalue weighted by Gasteiger charge is -2.29. The molecule has 2 heterocycles. The molecule has 4 N–H and O–H groups in total. The number of carbonyl (C=O) groups is 2. The highest BCUT2D eigenvalue weighted by Gasteiger charge is 2.31. The van der Waals surface area contributed by atoms with Crippen LogP contribution in [0.15, 0.2) is 71.6 Å². The van der Waals surface area contributed by atoms with Crippen LogP contribution in [0.3, 0.4) is 0 Å². The average Bonchev–Trinajstić information content (AvgIpc) is 3.16. The molecule has 0 saturated heterocycles. The second-order valence-corrected chi connectivity index (χ2v) is 7.00. The Balaban J connectivity index is 1.64. The minimum absolute atomic E-state index is 0.274. The van der Waals surface area contributed by atoms with Crippen molar-refractivity contribution in [3.05, 3.63) is 77.1 Å². The van der Waals surface area contributed by atoms with E-state index in [-0.39, 0.29) is 11.9 Å². The molecule has 0 bridgehead atoms. The fraction of sp³-hybridized carbons (Fsp3) is 0.136. The Hall–Kier alpha value is -3.87. The van der Waals surface area contributed by atoms with Crippen LogP contribution >= 0.6 is 0 Å². The smallest absolute Gasteiger partial charge is 0.319 e. The van der Waals surface area contributed by atoms with E-state index in [9.17, 15) is 9.59 Å². The molecule has 0 fully saturated rings. The molecule has 7 nitrogen and oxygen atoms in total. The van der Waals surface area contributed by atoms with Crippen molar-refractivity contribution in [1.82, 2.24) is 20.8 Å². The molecule has 0 spiro atoms. The highest BCUT2D eigenvalue weighted by atomic mass is 16.2.